The second-order valence-electron chi connectivity index (χ2n) is 4.23. The van der Waals surface area contributed by atoms with Crippen LogP contribution in [-0.2, 0) is 6.54 Å². The first-order valence-corrected chi connectivity index (χ1v) is 5.85. The van der Waals surface area contributed by atoms with Gasteiger partial charge in [-0.15, -0.1) is 0 Å². The molecule has 1 heterocycles. The van der Waals surface area contributed by atoms with E-state index in [1.807, 2.05) is 19.1 Å². The number of aryl methyl sites for hydroxylation is 1. The lowest BCUT2D eigenvalue weighted by Gasteiger charge is -2.11. The Morgan fingerprint density at radius 1 is 1.37 bits per heavy atom. The van der Waals surface area contributed by atoms with Gasteiger partial charge in [-0.3, -0.25) is 4.98 Å². The van der Waals surface area contributed by atoms with Gasteiger partial charge in [-0.05, 0) is 30.7 Å². The molecule has 5 nitrogen and oxygen atoms in total. The summed E-state index contributed by atoms with van der Waals surface area (Å²) in [5, 5.41) is 12.1. The second-order valence-corrected chi connectivity index (χ2v) is 4.23. The number of rotatable bonds is 4. The molecule has 0 aliphatic rings. The Kier molecular flexibility index (Phi) is 3.66. The van der Waals surface area contributed by atoms with Crippen LogP contribution in [0.3, 0.4) is 0 Å². The SMILES string of the molecule is Cc1ccc(CNc2cccc(C(=O)O)c2N)cn1. The van der Waals surface area contributed by atoms with Crippen LogP contribution in [0.25, 0.3) is 0 Å². The third kappa shape index (κ3) is 3.01. The van der Waals surface area contributed by atoms with Gasteiger partial charge in [0.2, 0.25) is 0 Å². The van der Waals surface area contributed by atoms with Crippen molar-refractivity contribution in [2.45, 2.75) is 13.5 Å². The zero-order valence-electron chi connectivity index (χ0n) is 10.6. The quantitative estimate of drug-likeness (QED) is 0.731. The molecule has 0 saturated heterocycles. The van der Waals surface area contributed by atoms with Gasteiger partial charge in [0.05, 0.1) is 16.9 Å². The molecule has 0 aliphatic heterocycles. The number of nitrogens with zero attached hydrogens (tertiary/aromatic N) is 1. The number of carbonyl (C=O) groups is 1. The average Bonchev–Trinajstić information content (AvgIpc) is 2.39. The summed E-state index contributed by atoms with van der Waals surface area (Å²) in [4.78, 5) is 15.2. The predicted molar refractivity (Wildman–Crippen MR) is 74.1 cm³/mol. The first-order chi connectivity index (χ1) is 9.08. The van der Waals surface area contributed by atoms with Crippen LogP contribution in [-0.4, -0.2) is 16.1 Å². The number of nitrogens with two attached hydrogens (primary N) is 1. The van der Waals surface area contributed by atoms with Crippen molar-refractivity contribution >= 4 is 17.3 Å². The minimum atomic E-state index is -1.03. The number of aromatic carboxylic acids is 1. The third-order valence-electron chi connectivity index (χ3n) is 2.79. The van der Waals surface area contributed by atoms with E-state index in [2.05, 4.69) is 10.3 Å². The van der Waals surface area contributed by atoms with Gasteiger partial charge in [0, 0.05) is 18.4 Å². The normalized spacial score (nSPS) is 10.2. The highest BCUT2D eigenvalue weighted by Crippen LogP contribution is 2.23. The van der Waals surface area contributed by atoms with E-state index in [1.54, 1.807) is 18.3 Å². The van der Waals surface area contributed by atoms with Crippen molar-refractivity contribution in [1.82, 2.24) is 4.98 Å². The highest BCUT2D eigenvalue weighted by molar-refractivity contribution is 5.97. The maximum absolute atomic E-state index is 11.0. The second kappa shape index (κ2) is 5.39. The highest BCUT2D eigenvalue weighted by atomic mass is 16.4. The molecule has 19 heavy (non-hydrogen) atoms. The molecule has 1 aromatic heterocycles. The molecule has 0 spiro atoms. The van der Waals surface area contributed by atoms with Gasteiger partial charge in [0.1, 0.15) is 0 Å². The molecule has 0 atom stereocenters. The summed E-state index contributed by atoms with van der Waals surface area (Å²) < 4.78 is 0. The maximum Gasteiger partial charge on any atom is 0.337 e. The Hall–Kier alpha value is -2.56. The number of carboxylic acid groups (broad SMARTS) is 1. The monoisotopic (exact) mass is 257 g/mol. The molecular formula is C14H15N3O2. The maximum atomic E-state index is 11.0. The lowest BCUT2D eigenvalue weighted by atomic mass is 10.1. The number of para-hydroxylation sites is 1. The van der Waals surface area contributed by atoms with Crippen molar-refractivity contribution < 1.29 is 9.90 Å². The van der Waals surface area contributed by atoms with E-state index in [1.165, 1.54) is 6.07 Å². The Labute approximate surface area is 111 Å². The van der Waals surface area contributed by atoms with Crippen LogP contribution in [0, 0.1) is 6.92 Å². The van der Waals surface area contributed by atoms with Crippen molar-refractivity contribution in [3.05, 3.63) is 53.3 Å². The largest absolute Gasteiger partial charge is 0.478 e. The predicted octanol–water partition coefficient (Wildman–Crippen LogP) is 2.28. The summed E-state index contributed by atoms with van der Waals surface area (Å²) in [5.74, 6) is -1.03. The van der Waals surface area contributed by atoms with Crippen LogP contribution in [0.1, 0.15) is 21.6 Å². The molecule has 0 amide bonds. The highest BCUT2D eigenvalue weighted by Gasteiger charge is 2.10. The smallest absolute Gasteiger partial charge is 0.337 e. The van der Waals surface area contributed by atoms with Crippen LogP contribution in [0.2, 0.25) is 0 Å². The molecule has 0 radical (unpaired) electrons. The number of benzene rings is 1. The minimum Gasteiger partial charge on any atom is -0.478 e. The number of nitrogen functional groups attached to an aromatic ring is 1. The number of aromatic nitrogens is 1. The van der Waals surface area contributed by atoms with E-state index >= 15 is 0 Å². The van der Waals surface area contributed by atoms with Crippen molar-refractivity contribution in [3.63, 3.8) is 0 Å². The number of carboxylic acids is 1. The summed E-state index contributed by atoms with van der Waals surface area (Å²) in [5.41, 5.74) is 8.73. The van der Waals surface area contributed by atoms with Crippen LogP contribution in [0.15, 0.2) is 36.5 Å². The summed E-state index contributed by atoms with van der Waals surface area (Å²) in [7, 11) is 0. The Balaban J connectivity index is 2.13. The van der Waals surface area contributed by atoms with Gasteiger partial charge in [-0.25, -0.2) is 4.79 Å². The summed E-state index contributed by atoms with van der Waals surface area (Å²) in [6.45, 7) is 2.46. The van der Waals surface area contributed by atoms with E-state index < -0.39 is 5.97 Å². The minimum absolute atomic E-state index is 0.104. The third-order valence-corrected chi connectivity index (χ3v) is 2.79. The Morgan fingerprint density at radius 3 is 2.79 bits per heavy atom. The molecular weight excluding hydrogens is 242 g/mol. The summed E-state index contributed by atoms with van der Waals surface area (Å²) in [6.07, 6.45) is 1.78. The fraction of sp³-hybridized carbons (Fsp3) is 0.143. The molecule has 98 valence electrons. The van der Waals surface area contributed by atoms with E-state index in [0.717, 1.165) is 11.3 Å². The topological polar surface area (TPSA) is 88.2 Å². The van der Waals surface area contributed by atoms with Crippen molar-refractivity contribution in [2.24, 2.45) is 0 Å². The van der Waals surface area contributed by atoms with Gasteiger partial charge < -0.3 is 16.2 Å². The fourth-order valence-corrected chi connectivity index (χ4v) is 1.71. The molecule has 0 aliphatic carbocycles. The molecule has 2 aromatic rings. The number of pyridine rings is 1. The number of anilines is 2. The summed E-state index contributed by atoms with van der Waals surface area (Å²) >= 11 is 0. The number of nitrogens with one attached hydrogen (secondary N) is 1. The molecule has 2 rings (SSSR count). The Bertz CT molecular complexity index is 594. The van der Waals surface area contributed by atoms with Crippen LogP contribution < -0.4 is 11.1 Å². The van der Waals surface area contributed by atoms with Crippen molar-refractivity contribution in [3.8, 4) is 0 Å². The summed E-state index contributed by atoms with van der Waals surface area (Å²) in [6, 6.07) is 8.79. The zero-order chi connectivity index (χ0) is 13.8. The van der Waals surface area contributed by atoms with Gasteiger partial charge in [-0.1, -0.05) is 12.1 Å². The molecule has 5 heteroatoms. The first-order valence-electron chi connectivity index (χ1n) is 5.85. The molecule has 4 N–H and O–H groups in total. The lowest BCUT2D eigenvalue weighted by Crippen LogP contribution is -2.07. The number of hydrogen-bond acceptors (Lipinski definition) is 4. The Morgan fingerprint density at radius 2 is 2.16 bits per heavy atom. The fourth-order valence-electron chi connectivity index (χ4n) is 1.71. The van der Waals surface area contributed by atoms with Gasteiger partial charge in [-0.2, -0.15) is 0 Å². The van der Waals surface area contributed by atoms with E-state index in [9.17, 15) is 4.79 Å². The molecule has 0 saturated carbocycles. The van der Waals surface area contributed by atoms with Crippen LogP contribution in [0.4, 0.5) is 11.4 Å². The van der Waals surface area contributed by atoms with E-state index in [-0.39, 0.29) is 11.3 Å². The molecule has 0 bridgehead atoms. The molecule has 0 fully saturated rings. The average molecular weight is 257 g/mol. The standard InChI is InChI=1S/C14H15N3O2/c1-9-5-6-10(7-16-9)8-17-12-4-2-3-11(13(12)15)14(18)19/h2-7,17H,8,15H2,1H3,(H,18,19). The van der Waals surface area contributed by atoms with Crippen LogP contribution >= 0.6 is 0 Å². The lowest BCUT2D eigenvalue weighted by molar-refractivity contribution is 0.0698. The van der Waals surface area contributed by atoms with E-state index in [0.29, 0.717) is 12.2 Å². The molecule has 0 unspecified atom stereocenters. The van der Waals surface area contributed by atoms with E-state index in [4.69, 9.17) is 10.8 Å². The number of hydrogen-bond donors (Lipinski definition) is 3. The molecule has 1 aromatic carbocycles. The van der Waals surface area contributed by atoms with Gasteiger partial charge >= 0.3 is 5.97 Å². The zero-order valence-corrected chi connectivity index (χ0v) is 10.6. The van der Waals surface area contributed by atoms with Crippen molar-refractivity contribution in [1.29, 1.82) is 0 Å². The van der Waals surface area contributed by atoms with Gasteiger partial charge in [0.15, 0.2) is 0 Å². The van der Waals surface area contributed by atoms with Crippen molar-refractivity contribution in [2.75, 3.05) is 11.1 Å². The first kappa shape index (κ1) is 12.9. The van der Waals surface area contributed by atoms with Gasteiger partial charge in [0.25, 0.3) is 0 Å². The van der Waals surface area contributed by atoms with Crippen LogP contribution in [0.5, 0.6) is 0 Å².